The molecule has 0 spiro atoms. The number of imidazole rings is 1. The van der Waals surface area contributed by atoms with Gasteiger partial charge >= 0.3 is 6.18 Å². The number of fused-ring (bicyclic) bond motifs is 2. The molecule has 14 heteroatoms. The van der Waals surface area contributed by atoms with Gasteiger partial charge in [-0.1, -0.05) is 0 Å². The van der Waals surface area contributed by atoms with E-state index in [0.717, 1.165) is 10.9 Å². The van der Waals surface area contributed by atoms with Crippen molar-refractivity contribution in [2.24, 2.45) is 0 Å². The molecule has 5 rings (SSSR count). The third-order valence-corrected chi connectivity index (χ3v) is 5.93. The van der Waals surface area contributed by atoms with Crippen LogP contribution in [0.3, 0.4) is 0 Å². The Kier molecular flexibility index (Phi) is 5.44. The lowest BCUT2D eigenvalue weighted by molar-refractivity contribution is -0.140. The van der Waals surface area contributed by atoms with E-state index in [9.17, 15) is 22.4 Å². The van der Waals surface area contributed by atoms with E-state index < -0.39 is 24.9 Å². The van der Waals surface area contributed by atoms with Gasteiger partial charge in [-0.25, -0.2) is 18.9 Å². The Balaban J connectivity index is 1.44. The number of nitrogens with two attached hydrogens (primary N) is 1. The largest absolute Gasteiger partial charge is 0.406 e. The number of pyridine rings is 1. The average Bonchev–Trinajstić information content (AvgIpc) is 3.38. The first-order valence-electron chi connectivity index (χ1n) is 10.8. The number of piperidine rings is 1. The summed E-state index contributed by atoms with van der Waals surface area (Å²) < 4.78 is 55.7. The van der Waals surface area contributed by atoms with Gasteiger partial charge < -0.3 is 20.5 Å². The van der Waals surface area contributed by atoms with Gasteiger partial charge in [0, 0.05) is 25.2 Å². The van der Waals surface area contributed by atoms with Crippen molar-refractivity contribution in [2.75, 3.05) is 24.1 Å². The van der Waals surface area contributed by atoms with E-state index >= 15 is 0 Å². The van der Waals surface area contributed by atoms with Crippen molar-refractivity contribution in [1.29, 1.82) is 0 Å². The van der Waals surface area contributed by atoms with Crippen molar-refractivity contribution in [3.63, 3.8) is 0 Å². The second kappa shape index (κ2) is 8.36. The van der Waals surface area contributed by atoms with E-state index in [1.807, 2.05) is 0 Å². The van der Waals surface area contributed by atoms with Crippen LogP contribution >= 0.6 is 0 Å². The molecule has 1 amide bonds. The van der Waals surface area contributed by atoms with Crippen LogP contribution in [0.1, 0.15) is 13.3 Å². The molecule has 35 heavy (non-hydrogen) atoms. The number of nitrogens with one attached hydrogen (secondary N) is 1. The Hall–Kier alpha value is -3.97. The second-order valence-electron chi connectivity index (χ2n) is 8.39. The SMILES string of the molecule is CC(=O)N1CC[C@H](Nc2nc(N)c3c(-c4ccc5ncn(CC(F)(F)F)c5n4)ccn3n2)[C@H](F)C1. The second-order valence-corrected chi connectivity index (χ2v) is 8.39. The molecule has 1 fully saturated rings. The molecule has 2 atom stereocenters. The fourth-order valence-electron chi connectivity index (χ4n) is 4.24. The van der Waals surface area contributed by atoms with Crippen LogP contribution in [0.15, 0.2) is 30.7 Å². The van der Waals surface area contributed by atoms with E-state index in [4.69, 9.17) is 5.73 Å². The van der Waals surface area contributed by atoms with Gasteiger partial charge in [-0.3, -0.25) is 4.79 Å². The van der Waals surface area contributed by atoms with Crippen molar-refractivity contribution in [3.8, 4) is 11.3 Å². The molecule has 1 saturated heterocycles. The van der Waals surface area contributed by atoms with Gasteiger partial charge in [0.15, 0.2) is 11.5 Å². The maximum atomic E-state index is 14.6. The zero-order valence-corrected chi connectivity index (χ0v) is 18.5. The quantitative estimate of drug-likeness (QED) is 0.421. The standard InChI is InChI=1S/C21H21F4N9O/c1-11(35)32-6-5-15(13(22)8-32)29-20-30-18(26)17-12(4-7-34(17)31-20)14-2-3-16-19(28-14)33(10-27-16)9-21(23,24)25/h2-4,7,10,13,15H,5-6,8-9H2,1H3,(H3,26,29,30,31)/t13-,15+/m1/s1. The fourth-order valence-corrected chi connectivity index (χ4v) is 4.24. The number of carbonyl (C=O) groups excluding carboxylic acids is 1. The minimum absolute atomic E-state index is 0.0164. The van der Waals surface area contributed by atoms with Crippen molar-refractivity contribution >= 4 is 34.4 Å². The highest BCUT2D eigenvalue weighted by Gasteiger charge is 2.31. The number of alkyl halides is 4. The van der Waals surface area contributed by atoms with Crippen LogP contribution < -0.4 is 11.1 Å². The first-order chi connectivity index (χ1) is 16.6. The Labute approximate surface area is 195 Å². The van der Waals surface area contributed by atoms with Gasteiger partial charge in [0.05, 0.1) is 24.6 Å². The number of nitrogens with zero attached hydrogens (tertiary/aromatic N) is 7. The maximum absolute atomic E-state index is 14.6. The number of nitrogen functional groups attached to an aromatic ring is 1. The van der Waals surface area contributed by atoms with Crippen LogP contribution in [-0.4, -0.2) is 71.4 Å². The summed E-state index contributed by atoms with van der Waals surface area (Å²) in [6.45, 7) is 0.589. The number of carbonyl (C=O) groups is 1. The number of anilines is 2. The summed E-state index contributed by atoms with van der Waals surface area (Å²) in [5, 5.41) is 7.31. The van der Waals surface area contributed by atoms with Crippen molar-refractivity contribution in [1.82, 2.24) is 34.0 Å². The van der Waals surface area contributed by atoms with Gasteiger partial charge in [0.25, 0.3) is 0 Å². The molecule has 4 aromatic rings. The van der Waals surface area contributed by atoms with Gasteiger partial charge in [-0.05, 0) is 24.6 Å². The minimum atomic E-state index is -4.42. The Morgan fingerprint density at radius 1 is 1.26 bits per heavy atom. The Morgan fingerprint density at radius 3 is 2.77 bits per heavy atom. The van der Waals surface area contributed by atoms with E-state index in [2.05, 4.69) is 25.4 Å². The molecule has 0 unspecified atom stereocenters. The van der Waals surface area contributed by atoms with Gasteiger partial charge in [0.1, 0.15) is 23.7 Å². The van der Waals surface area contributed by atoms with Gasteiger partial charge in [-0.2, -0.15) is 18.2 Å². The van der Waals surface area contributed by atoms with Crippen LogP contribution in [0.2, 0.25) is 0 Å². The normalized spacial score (nSPS) is 18.9. The molecular formula is C21H21F4N9O. The van der Waals surface area contributed by atoms with Gasteiger partial charge in [0.2, 0.25) is 11.9 Å². The fraction of sp³-hybridized carbons (Fsp3) is 0.381. The third-order valence-electron chi connectivity index (χ3n) is 5.93. The maximum Gasteiger partial charge on any atom is 0.406 e. The minimum Gasteiger partial charge on any atom is -0.382 e. The van der Waals surface area contributed by atoms with Crippen LogP contribution in [0.25, 0.3) is 27.9 Å². The Morgan fingerprint density at radius 2 is 2.06 bits per heavy atom. The summed E-state index contributed by atoms with van der Waals surface area (Å²) in [5.74, 6) is 0.0265. The predicted octanol–water partition coefficient (Wildman–Crippen LogP) is 2.66. The van der Waals surface area contributed by atoms with Crippen LogP contribution in [-0.2, 0) is 11.3 Å². The molecule has 4 aromatic heterocycles. The smallest absolute Gasteiger partial charge is 0.382 e. The monoisotopic (exact) mass is 491 g/mol. The highest BCUT2D eigenvalue weighted by molar-refractivity contribution is 5.88. The third kappa shape index (κ3) is 4.42. The molecule has 0 aliphatic carbocycles. The predicted molar refractivity (Wildman–Crippen MR) is 119 cm³/mol. The summed E-state index contributed by atoms with van der Waals surface area (Å²) in [4.78, 5) is 25.6. The summed E-state index contributed by atoms with van der Waals surface area (Å²) >= 11 is 0. The highest BCUT2D eigenvalue weighted by Crippen LogP contribution is 2.30. The molecule has 184 valence electrons. The molecular weight excluding hydrogens is 470 g/mol. The van der Waals surface area contributed by atoms with Crippen molar-refractivity contribution < 1.29 is 22.4 Å². The summed E-state index contributed by atoms with van der Waals surface area (Å²) in [6.07, 6.45) is -2.63. The molecule has 1 aliphatic heterocycles. The number of aromatic nitrogens is 6. The number of hydrogen-bond acceptors (Lipinski definition) is 7. The van der Waals surface area contributed by atoms with Crippen molar-refractivity contribution in [2.45, 2.75) is 38.3 Å². The Bertz CT molecular complexity index is 1410. The van der Waals surface area contributed by atoms with E-state index in [0.29, 0.717) is 35.3 Å². The highest BCUT2D eigenvalue weighted by atomic mass is 19.4. The van der Waals surface area contributed by atoms with E-state index in [1.165, 1.54) is 16.3 Å². The first kappa shape index (κ1) is 22.8. The molecule has 5 heterocycles. The lowest BCUT2D eigenvalue weighted by atomic mass is 10.0. The number of amides is 1. The first-order valence-corrected chi connectivity index (χ1v) is 10.8. The van der Waals surface area contributed by atoms with Crippen LogP contribution in [0.4, 0.5) is 29.3 Å². The summed E-state index contributed by atoms with van der Waals surface area (Å²) in [7, 11) is 0. The van der Waals surface area contributed by atoms with E-state index in [1.54, 1.807) is 24.4 Å². The molecule has 10 nitrogen and oxygen atoms in total. The molecule has 0 saturated carbocycles. The van der Waals surface area contributed by atoms with Crippen molar-refractivity contribution in [3.05, 3.63) is 30.7 Å². The number of likely N-dealkylation sites (tertiary alicyclic amines) is 1. The lowest BCUT2D eigenvalue weighted by Crippen LogP contribution is -2.49. The zero-order valence-electron chi connectivity index (χ0n) is 18.5. The zero-order chi connectivity index (χ0) is 24.9. The molecule has 0 aromatic carbocycles. The topological polar surface area (TPSA) is 119 Å². The summed E-state index contributed by atoms with van der Waals surface area (Å²) in [5.41, 5.74) is 7.92. The average molecular weight is 491 g/mol. The molecule has 0 bridgehead atoms. The van der Waals surface area contributed by atoms with Crippen LogP contribution in [0, 0.1) is 0 Å². The lowest BCUT2D eigenvalue weighted by Gasteiger charge is -2.34. The number of halogens is 4. The molecule has 3 N–H and O–H groups in total. The van der Waals surface area contributed by atoms with E-state index in [-0.39, 0.29) is 29.9 Å². The molecule has 0 radical (unpaired) electrons. The number of hydrogen-bond donors (Lipinski definition) is 2. The number of rotatable bonds is 4. The van der Waals surface area contributed by atoms with Crippen LogP contribution in [0.5, 0.6) is 0 Å². The molecule has 1 aliphatic rings. The summed E-state index contributed by atoms with van der Waals surface area (Å²) in [6, 6.07) is 4.29. The van der Waals surface area contributed by atoms with Gasteiger partial charge in [-0.15, -0.1) is 5.10 Å².